The Labute approximate surface area is 188 Å². The SMILES string of the molecule is CCCN(CCC)c1ccc([C@@H]2Nc3ccccc3-c3nnc(SCC)nc3O2)cc1. The number of nitrogens with one attached hydrogen (secondary N) is 1. The summed E-state index contributed by atoms with van der Waals surface area (Å²) in [6.07, 6.45) is 1.90. The maximum Gasteiger partial charge on any atom is 0.247 e. The van der Waals surface area contributed by atoms with Crippen LogP contribution in [0.15, 0.2) is 53.7 Å². The van der Waals surface area contributed by atoms with Crippen molar-refractivity contribution in [2.24, 2.45) is 0 Å². The van der Waals surface area contributed by atoms with Gasteiger partial charge in [0, 0.05) is 35.6 Å². The molecular weight excluding hydrogens is 406 g/mol. The zero-order chi connectivity index (χ0) is 21.6. The smallest absolute Gasteiger partial charge is 0.247 e. The molecule has 0 bridgehead atoms. The van der Waals surface area contributed by atoms with Crippen LogP contribution in [0.2, 0.25) is 0 Å². The Bertz CT molecular complexity index is 1010. The van der Waals surface area contributed by atoms with Gasteiger partial charge in [-0.05, 0) is 36.8 Å². The standard InChI is InChI=1S/C24H29N5OS/c1-4-15-29(16-5-2)18-13-11-17(12-14-18)22-25-20-10-8-7-9-19(20)21-23(30-22)26-24(28-27-21)31-6-3/h7-14,22,25H,4-6,15-16H2,1-3H3/t22-/m1/s1. The van der Waals surface area contributed by atoms with E-state index in [1.807, 2.05) is 24.3 Å². The molecule has 3 aromatic rings. The molecule has 0 radical (unpaired) electrons. The summed E-state index contributed by atoms with van der Waals surface area (Å²) in [6, 6.07) is 16.7. The lowest BCUT2D eigenvalue weighted by molar-refractivity contribution is 0.225. The number of nitrogens with zero attached hydrogens (tertiary/aromatic N) is 4. The van der Waals surface area contributed by atoms with Crippen molar-refractivity contribution < 1.29 is 4.74 Å². The normalized spacial score (nSPS) is 14.6. The van der Waals surface area contributed by atoms with Gasteiger partial charge in [0.1, 0.15) is 0 Å². The molecular formula is C24H29N5OS. The van der Waals surface area contributed by atoms with Gasteiger partial charge >= 0.3 is 0 Å². The molecule has 2 heterocycles. The number of hydrogen-bond donors (Lipinski definition) is 1. The summed E-state index contributed by atoms with van der Waals surface area (Å²) in [6.45, 7) is 8.63. The van der Waals surface area contributed by atoms with Crippen LogP contribution in [-0.4, -0.2) is 34.0 Å². The highest BCUT2D eigenvalue weighted by molar-refractivity contribution is 7.99. The van der Waals surface area contributed by atoms with Gasteiger partial charge in [-0.2, -0.15) is 4.98 Å². The van der Waals surface area contributed by atoms with Gasteiger partial charge in [0.2, 0.25) is 11.0 Å². The molecule has 1 N–H and O–H groups in total. The van der Waals surface area contributed by atoms with Crippen LogP contribution in [0, 0.1) is 0 Å². The van der Waals surface area contributed by atoms with Gasteiger partial charge in [-0.15, -0.1) is 10.2 Å². The molecule has 4 rings (SSSR count). The van der Waals surface area contributed by atoms with Crippen LogP contribution in [-0.2, 0) is 0 Å². The van der Waals surface area contributed by atoms with Crippen molar-refractivity contribution in [1.29, 1.82) is 0 Å². The number of benzene rings is 2. The topological polar surface area (TPSA) is 63.2 Å². The number of anilines is 2. The van der Waals surface area contributed by atoms with E-state index in [-0.39, 0.29) is 6.23 Å². The van der Waals surface area contributed by atoms with Crippen LogP contribution in [0.25, 0.3) is 11.3 Å². The highest BCUT2D eigenvalue weighted by Crippen LogP contribution is 2.39. The first kappa shape index (κ1) is 21.4. The van der Waals surface area contributed by atoms with E-state index in [9.17, 15) is 0 Å². The number of thioether (sulfide) groups is 1. The number of aromatic nitrogens is 3. The summed E-state index contributed by atoms with van der Waals surface area (Å²) in [5.41, 5.74) is 4.86. The molecule has 0 fully saturated rings. The van der Waals surface area contributed by atoms with Gasteiger partial charge in [0.25, 0.3) is 0 Å². The molecule has 31 heavy (non-hydrogen) atoms. The first-order valence-corrected chi connectivity index (χ1v) is 12.0. The Kier molecular flexibility index (Phi) is 6.92. The first-order valence-electron chi connectivity index (χ1n) is 11.0. The Morgan fingerprint density at radius 2 is 1.71 bits per heavy atom. The second kappa shape index (κ2) is 10.0. The van der Waals surface area contributed by atoms with Gasteiger partial charge in [0.15, 0.2) is 11.9 Å². The van der Waals surface area contributed by atoms with Gasteiger partial charge in [0.05, 0.1) is 0 Å². The van der Waals surface area contributed by atoms with Crippen LogP contribution in [0.1, 0.15) is 45.4 Å². The molecule has 1 atom stereocenters. The molecule has 0 spiro atoms. The average molecular weight is 436 g/mol. The van der Waals surface area contributed by atoms with Crippen LogP contribution >= 0.6 is 11.8 Å². The Balaban J connectivity index is 1.67. The molecule has 0 aliphatic carbocycles. The summed E-state index contributed by atoms with van der Waals surface area (Å²) in [5, 5.41) is 12.9. The first-order chi connectivity index (χ1) is 15.2. The third kappa shape index (κ3) is 4.77. The van der Waals surface area contributed by atoms with E-state index >= 15 is 0 Å². The Morgan fingerprint density at radius 3 is 2.42 bits per heavy atom. The number of fused-ring (bicyclic) bond motifs is 3. The maximum absolute atomic E-state index is 6.36. The third-order valence-corrected chi connectivity index (χ3v) is 5.87. The zero-order valence-corrected chi connectivity index (χ0v) is 19.2. The van der Waals surface area contributed by atoms with Crippen molar-refractivity contribution in [2.75, 3.05) is 29.1 Å². The molecule has 0 amide bonds. The van der Waals surface area contributed by atoms with E-state index in [1.165, 1.54) is 5.69 Å². The fourth-order valence-electron chi connectivity index (χ4n) is 3.76. The molecule has 1 aromatic heterocycles. The minimum atomic E-state index is -0.363. The van der Waals surface area contributed by atoms with E-state index in [2.05, 4.69) is 70.4 Å². The van der Waals surface area contributed by atoms with E-state index in [0.717, 1.165) is 48.5 Å². The quantitative estimate of drug-likeness (QED) is 0.450. The second-order valence-corrected chi connectivity index (χ2v) is 8.68. The minimum absolute atomic E-state index is 0.363. The molecule has 0 saturated carbocycles. The maximum atomic E-state index is 6.36. The monoisotopic (exact) mass is 435 g/mol. The van der Waals surface area contributed by atoms with Crippen molar-refractivity contribution in [3.8, 4) is 17.1 Å². The molecule has 0 unspecified atom stereocenters. The van der Waals surface area contributed by atoms with Crippen LogP contribution < -0.4 is 15.0 Å². The number of hydrogen-bond acceptors (Lipinski definition) is 7. The summed E-state index contributed by atoms with van der Waals surface area (Å²) < 4.78 is 6.36. The summed E-state index contributed by atoms with van der Waals surface area (Å²) in [5.74, 6) is 1.39. The molecule has 0 saturated heterocycles. The lowest BCUT2D eigenvalue weighted by atomic mass is 10.1. The van der Waals surface area contributed by atoms with Crippen molar-refractivity contribution >= 4 is 23.1 Å². The second-order valence-electron chi connectivity index (χ2n) is 7.45. The van der Waals surface area contributed by atoms with Crippen molar-refractivity contribution in [2.45, 2.75) is 45.0 Å². The third-order valence-electron chi connectivity index (χ3n) is 5.16. The van der Waals surface area contributed by atoms with Gasteiger partial charge < -0.3 is 15.0 Å². The van der Waals surface area contributed by atoms with Gasteiger partial charge in [-0.25, -0.2) is 0 Å². The van der Waals surface area contributed by atoms with Crippen LogP contribution in [0.5, 0.6) is 5.88 Å². The van der Waals surface area contributed by atoms with E-state index in [1.54, 1.807) is 11.8 Å². The highest BCUT2D eigenvalue weighted by atomic mass is 32.2. The molecule has 7 heteroatoms. The predicted octanol–water partition coefficient (Wildman–Crippen LogP) is 5.78. The summed E-state index contributed by atoms with van der Waals surface area (Å²) >= 11 is 1.56. The molecule has 6 nitrogen and oxygen atoms in total. The van der Waals surface area contributed by atoms with E-state index in [0.29, 0.717) is 16.7 Å². The fraction of sp³-hybridized carbons (Fsp3) is 0.375. The minimum Gasteiger partial charge on any atom is -0.448 e. The average Bonchev–Trinajstić information content (AvgIpc) is 2.96. The van der Waals surface area contributed by atoms with Gasteiger partial charge in [-0.1, -0.05) is 62.9 Å². The fourth-order valence-corrected chi connectivity index (χ4v) is 4.26. The lowest BCUT2D eigenvalue weighted by Gasteiger charge is -2.25. The van der Waals surface area contributed by atoms with E-state index in [4.69, 9.17) is 4.74 Å². The van der Waals surface area contributed by atoms with E-state index < -0.39 is 0 Å². The molecule has 1 aliphatic heterocycles. The Morgan fingerprint density at radius 1 is 0.968 bits per heavy atom. The largest absolute Gasteiger partial charge is 0.448 e. The summed E-state index contributed by atoms with van der Waals surface area (Å²) in [7, 11) is 0. The number of rotatable bonds is 8. The number of para-hydroxylation sites is 1. The van der Waals surface area contributed by atoms with Crippen molar-refractivity contribution in [3.05, 3.63) is 54.1 Å². The van der Waals surface area contributed by atoms with Crippen molar-refractivity contribution in [1.82, 2.24) is 15.2 Å². The molecule has 162 valence electrons. The summed E-state index contributed by atoms with van der Waals surface area (Å²) in [4.78, 5) is 7.08. The lowest BCUT2D eigenvalue weighted by Crippen LogP contribution is -2.25. The highest BCUT2D eigenvalue weighted by Gasteiger charge is 2.26. The van der Waals surface area contributed by atoms with Crippen molar-refractivity contribution in [3.63, 3.8) is 0 Å². The van der Waals surface area contributed by atoms with Crippen LogP contribution in [0.4, 0.5) is 11.4 Å². The Hall–Kier alpha value is -2.80. The zero-order valence-electron chi connectivity index (χ0n) is 18.3. The number of ether oxygens (including phenoxy) is 1. The van der Waals surface area contributed by atoms with Gasteiger partial charge in [-0.3, -0.25) is 0 Å². The predicted molar refractivity (Wildman–Crippen MR) is 128 cm³/mol. The molecule has 2 aromatic carbocycles. The van der Waals surface area contributed by atoms with Crippen LogP contribution in [0.3, 0.4) is 0 Å². The molecule has 1 aliphatic rings.